The number of carbonyl (C=O) groups excluding carboxylic acids is 5. The Labute approximate surface area is 342 Å². The number of pyridine rings is 1. The number of fused-ring (bicyclic) bond motifs is 3. The third-order valence-corrected chi connectivity index (χ3v) is 12.8. The van der Waals surface area contributed by atoms with Gasteiger partial charge in [0.1, 0.15) is 30.1 Å². The predicted octanol–water partition coefficient (Wildman–Crippen LogP) is 4.94. The molecule has 0 bridgehead atoms. The minimum atomic E-state index is -0.887. The smallest absolute Gasteiger partial charge is 0.413 e. The summed E-state index contributed by atoms with van der Waals surface area (Å²) in [5.74, 6) is 0.181. The van der Waals surface area contributed by atoms with Gasteiger partial charge in [-0.15, -0.1) is 0 Å². The maximum atomic E-state index is 14.5. The summed E-state index contributed by atoms with van der Waals surface area (Å²) in [5.41, 5.74) is 3.43. The number of likely N-dealkylation sites (N-methyl/N-ethyl adjacent to an activating group) is 1. The first kappa shape index (κ1) is 39.6. The number of urea groups is 1. The Hall–Kier alpha value is -6.19. The van der Waals surface area contributed by atoms with Gasteiger partial charge in [0.05, 0.1) is 11.7 Å². The number of piperidine rings is 2. The van der Waals surface area contributed by atoms with E-state index in [0.29, 0.717) is 57.9 Å². The average Bonchev–Trinajstić information content (AvgIpc) is 3.90. The summed E-state index contributed by atoms with van der Waals surface area (Å²) in [5, 5.41) is 13.9. The minimum Gasteiger partial charge on any atom is -0.445 e. The van der Waals surface area contributed by atoms with Crippen molar-refractivity contribution in [1.82, 2.24) is 40.1 Å². The molecule has 2 spiro atoms. The Bertz CT molecular complexity index is 2230. The van der Waals surface area contributed by atoms with Crippen LogP contribution in [0.25, 0.3) is 10.9 Å². The van der Waals surface area contributed by atoms with Crippen molar-refractivity contribution in [2.75, 3.05) is 51.6 Å². The zero-order valence-corrected chi connectivity index (χ0v) is 33.7. The van der Waals surface area contributed by atoms with Gasteiger partial charge >= 0.3 is 18.2 Å². The second-order valence-corrected chi connectivity index (χ2v) is 16.5. The molecule has 0 radical (unpaired) electrons. The lowest BCUT2D eigenvalue weighted by atomic mass is 9.77. The number of aryl methyl sites for hydroxylation is 1. The van der Waals surface area contributed by atoms with Crippen LogP contribution in [0.1, 0.15) is 61.3 Å². The Morgan fingerprint density at radius 2 is 1.63 bits per heavy atom. The summed E-state index contributed by atoms with van der Waals surface area (Å²) in [6.07, 6.45) is 5.55. The minimum absolute atomic E-state index is 0.124. The standard InChI is InChI=1S/C43H51N9O7/c1-28-22-31(23-32-25-45-48-35(28)32)24-34(46-39(55)51-20-14-43(15-21-51)33-10-7-16-44-36(33)47-40(56)59-43)38(54)52-19-13-42(27-52)11-17-50(18-12-42)37(53)29(2)49(3)41(57)58-26-30-8-5-4-6-9-30/h4-10,16,22-23,25,29,34H,11-15,17-21,24,26-27H2,1-3H3,(H,45,48)(H,46,55)(H,44,47,56)/t29-,34-/m1/s1. The average molecular weight is 806 g/mol. The molecule has 0 aliphatic carbocycles. The van der Waals surface area contributed by atoms with E-state index >= 15 is 0 Å². The Balaban J connectivity index is 0.905. The molecule has 4 aliphatic heterocycles. The van der Waals surface area contributed by atoms with Crippen molar-refractivity contribution in [3.05, 3.63) is 89.2 Å². The Morgan fingerprint density at radius 1 is 0.915 bits per heavy atom. The molecule has 8 rings (SSSR count). The molecule has 6 heterocycles. The van der Waals surface area contributed by atoms with Crippen molar-refractivity contribution in [3.63, 3.8) is 0 Å². The molecule has 3 saturated heterocycles. The SMILES string of the molecule is Cc1cc(C[C@@H](NC(=O)N2CCC3(CC2)OC(=O)Nc2ncccc23)C(=O)N2CCC3(CCN(C(=O)[C@@H](C)N(C)C(=O)OCc4ccccc4)CC3)C2)cc2cn[nH]c12. The number of nitrogens with zero attached hydrogens (tertiary/aromatic N) is 6. The zero-order chi connectivity index (χ0) is 41.3. The van der Waals surface area contributed by atoms with Crippen LogP contribution in [0.15, 0.2) is 67.0 Å². The van der Waals surface area contributed by atoms with Gasteiger partial charge < -0.3 is 29.5 Å². The molecule has 16 heteroatoms. The van der Waals surface area contributed by atoms with Crippen molar-refractivity contribution >= 4 is 46.8 Å². The highest BCUT2D eigenvalue weighted by atomic mass is 16.6. The summed E-state index contributed by atoms with van der Waals surface area (Å²) in [6.45, 7) is 6.58. The van der Waals surface area contributed by atoms with Gasteiger partial charge in [-0.2, -0.15) is 5.10 Å². The molecule has 2 aromatic carbocycles. The van der Waals surface area contributed by atoms with Crippen molar-refractivity contribution in [2.45, 2.75) is 76.7 Å². The van der Waals surface area contributed by atoms with Gasteiger partial charge in [0.15, 0.2) is 0 Å². The topological polar surface area (TPSA) is 182 Å². The summed E-state index contributed by atoms with van der Waals surface area (Å²) >= 11 is 0. The first-order valence-corrected chi connectivity index (χ1v) is 20.4. The third-order valence-electron chi connectivity index (χ3n) is 12.8. The number of aromatic nitrogens is 3. The van der Waals surface area contributed by atoms with E-state index in [1.165, 1.54) is 4.90 Å². The van der Waals surface area contributed by atoms with Gasteiger partial charge in [-0.3, -0.25) is 24.9 Å². The number of anilines is 1. The molecule has 2 aromatic heterocycles. The van der Waals surface area contributed by atoms with Crippen LogP contribution in [0.4, 0.5) is 20.2 Å². The summed E-state index contributed by atoms with van der Waals surface area (Å²) in [6, 6.07) is 15.2. The van der Waals surface area contributed by atoms with Crippen molar-refractivity contribution < 1.29 is 33.4 Å². The molecule has 6 amide bonds. The fraction of sp³-hybridized carbons (Fsp3) is 0.465. The maximum Gasteiger partial charge on any atom is 0.413 e. The second kappa shape index (κ2) is 16.2. The maximum absolute atomic E-state index is 14.5. The van der Waals surface area contributed by atoms with Gasteiger partial charge in [-0.05, 0) is 73.4 Å². The monoisotopic (exact) mass is 805 g/mol. The van der Waals surface area contributed by atoms with E-state index in [9.17, 15) is 24.0 Å². The van der Waals surface area contributed by atoms with Gasteiger partial charge in [-0.1, -0.05) is 36.4 Å². The van der Waals surface area contributed by atoms with E-state index < -0.39 is 29.9 Å². The summed E-state index contributed by atoms with van der Waals surface area (Å²) in [4.78, 5) is 78.4. The first-order chi connectivity index (χ1) is 28.4. The second-order valence-electron chi connectivity index (χ2n) is 16.5. The number of carbonyl (C=O) groups is 5. The Kier molecular flexibility index (Phi) is 10.9. The van der Waals surface area contributed by atoms with Crippen LogP contribution in [-0.4, -0.2) is 123 Å². The highest BCUT2D eigenvalue weighted by molar-refractivity contribution is 5.89. The number of nitrogens with one attached hydrogen (secondary N) is 3. The van der Waals surface area contributed by atoms with E-state index in [2.05, 4.69) is 25.8 Å². The fourth-order valence-electron chi connectivity index (χ4n) is 9.14. The molecule has 16 nitrogen and oxygen atoms in total. The number of likely N-dealkylation sites (tertiary alicyclic amines) is 3. The molecule has 3 N–H and O–H groups in total. The normalized spacial score (nSPS) is 19.1. The molecule has 0 saturated carbocycles. The number of H-pyrrole nitrogens is 1. The molecule has 0 unspecified atom stereocenters. The number of rotatable bonds is 8. The molecule has 2 atom stereocenters. The zero-order valence-electron chi connectivity index (χ0n) is 33.7. The molecule has 4 aromatic rings. The van der Waals surface area contributed by atoms with Crippen LogP contribution in [-0.2, 0) is 37.7 Å². The van der Waals surface area contributed by atoms with Gasteiger partial charge in [0.25, 0.3) is 0 Å². The number of amides is 6. The largest absolute Gasteiger partial charge is 0.445 e. The van der Waals surface area contributed by atoms with Crippen LogP contribution in [0.5, 0.6) is 0 Å². The molecular formula is C43H51N9O7. The lowest BCUT2D eigenvalue weighted by Gasteiger charge is -2.43. The van der Waals surface area contributed by atoms with Crippen LogP contribution >= 0.6 is 0 Å². The quantitative estimate of drug-likeness (QED) is 0.222. The van der Waals surface area contributed by atoms with Crippen LogP contribution in [0.2, 0.25) is 0 Å². The van der Waals surface area contributed by atoms with Crippen LogP contribution in [0.3, 0.4) is 0 Å². The number of hydrogen-bond acceptors (Lipinski definition) is 9. The number of ether oxygens (including phenoxy) is 2. The number of aromatic amines is 1. The lowest BCUT2D eigenvalue weighted by molar-refractivity contribution is -0.138. The van der Waals surface area contributed by atoms with Gasteiger partial charge in [-0.25, -0.2) is 19.4 Å². The highest BCUT2D eigenvalue weighted by Gasteiger charge is 2.47. The lowest BCUT2D eigenvalue weighted by Crippen LogP contribution is -2.56. The van der Waals surface area contributed by atoms with E-state index in [1.54, 1.807) is 42.2 Å². The number of benzene rings is 2. The highest BCUT2D eigenvalue weighted by Crippen LogP contribution is 2.43. The third kappa shape index (κ3) is 8.12. The fourth-order valence-corrected chi connectivity index (χ4v) is 9.14. The molecule has 4 aliphatic rings. The molecular weight excluding hydrogens is 755 g/mol. The molecule has 310 valence electrons. The molecule has 3 fully saturated rings. The summed E-state index contributed by atoms with van der Waals surface area (Å²) in [7, 11) is 1.58. The number of hydrogen-bond donors (Lipinski definition) is 3. The van der Waals surface area contributed by atoms with Gasteiger partial charge in [0.2, 0.25) is 11.8 Å². The Morgan fingerprint density at radius 3 is 2.37 bits per heavy atom. The molecule has 59 heavy (non-hydrogen) atoms. The van der Waals surface area contributed by atoms with Crippen molar-refractivity contribution in [1.29, 1.82) is 0 Å². The van der Waals surface area contributed by atoms with E-state index in [1.807, 2.05) is 60.4 Å². The van der Waals surface area contributed by atoms with Gasteiger partial charge in [0, 0.05) is 82.7 Å². The van der Waals surface area contributed by atoms with E-state index in [4.69, 9.17) is 9.47 Å². The van der Waals surface area contributed by atoms with E-state index in [0.717, 1.165) is 52.4 Å². The summed E-state index contributed by atoms with van der Waals surface area (Å²) < 4.78 is 11.3. The van der Waals surface area contributed by atoms with Crippen LogP contribution < -0.4 is 10.6 Å². The predicted molar refractivity (Wildman–Crippen MR) is 217 cm³/mol. The first-order valence-electron chi connectivity index (χ1n) is 20.4. The van der Waals surface area contributed by atoms with Crippen molar-refractivity contribution in [2.24, 2.45) is 5.41 Å². The van der Waals surface area contributed by atoms with E-state index in [-0.39, 0.29) is 36.3 Å². The van der Waals surface area contributed by atoms with Crippen LogP contribution in [0, 0.1) is 12.3 Å². The van der Waals surface area contributed by atoms with Crippen molar-refractivity contribution in [3.8, 4) is 0 Å².